The van der Waals surface area contributed by atoms with Gasteiger partial charge < -0.3 is 0 Å². The summed E-state index contributed by atoms with van der Waals surface area (Å²) in [6.07, 6.45) is 1.46. The lowest BCUT2D eigenvalue weighted by Gasteiger charge is -2.15. The number of fused-ring (bicyclic) bond motifs is 2. The van der Waals surface area contributed by atoms with E-state index in [0.717, 1.165) is 4.90 Å². The summed E-state index contributed by atoms with van der Waals surface area (Å²) in [5.41, 5.74) is 2.83. The Balaban J connectivity index is 1.42. The molecule has 0 bridgehead atoms. The van der Waals surface area contributed by atoms with Gasteiger partial charge in [-0.15, -0.1) is 0 Å². The van der Waals surface area contributed by atoms with Crippen LogP contribution in [0.4, 0.5) is 5.82 Å². The van der Waals surface area contributed by atoms with Crippen LogP contribution in [-0.4, -0.2) is 39.5 Å². The van der Waals surface area contributed by atoms with Gasteiger partial charge in [0.15, 0.2) is 0 Å². The Hall–Kier alpha value is -4.66. The van der Waals surface area contributed by atoms with Gasteiger partial charge in [-0.1, -0.05) is 18.2 Å². The number of aromatic nitrogens is 1. The normalized spacial score (nSPS) is 14.7. The highest BCUT2D eigenvalue weighted by Crippen LogP contribution is 2.28. The molecule has 0 fully saturated rings. The Bertz CT molecular complexity index is 1280. The molecule has 0 spiro atoms. The number of imide groups is 2. The Morgan fingerprint density at radius 2 is 1.32 bits per heavy atom. The molecule has 3 heterocycles. The molecule has 9 heteroatoms. The molecule has 1 N–H and O–H groups in total. The minimum Gasteiger partial charge on any atom is -0.268 e. The third-order valence-corrected chi connectivity index (χ3v) is 5.03. The Kier molecular flexibility index (Phi) is 3.97. The molecular weight excluding hydrogens is 400 g/mol. The Labute approximate surface area is 174 Å². The highest BCUT2D eigenvalue weighted by atomic mass is 16.2. The lowest BCUT2D eigenvalue weighted by molar-refractivity contribution is 0.0518. The third-order valence-electron chi connectivity index (χ3n) is 5.03. The second kappa shape index (κ2) is 6.70. The van der Waals surface area contributed by atoms with E-state index >= 15 is 0 Å². The number of hydrazine groups is 1. The molecular formula is C22H12N4O5. The first-order chi connectivity index (χ1) is 15.0. The number of rotatable bonds is 3. The summed E-state index contributed by atoms with van der Waals surface area (Å²) in [6, 6.07) is 15.0. The number of hydrogen-bond donors (Lipinski definition) is 1. The van der Waals surface area contributed by atoms with Crippen molar-refractivity contribution in [2.45, 2.75) is 0 Å². The zero-order valence-corrected chi connectivity index (χ0v) is 15.7. The number of nitrogens with zero attached hydrogens (tertiary/aromatic N) is 3. The summed E-state index contributed by atoms with van der Waals surface area (Å²) < 4.78 is 0. The molecule has 2 aliphatic heterocycles. The van der Waals surface area contributed by atoms with Crippen LogP contribution in [0, 0.1) is 0 Å². The van der Waals surface area contributed by atoms with Crippen molar-refractivity contribution in [1.82, 2.24) is 15.4 Å². The van der Waals surface area contributed by atoms with Gasteiger partial charge in [-0.2, -0.15) is 5.01 Å². The van der Waals surface area contributed by atoms with Crippen molar-refractivity contribution in [3.8, 4) is 0 Å². The molecule has 2 aromatic carbocycles. The second-order valence-electron chi connectivity index (χ2n) is 6.83. The van der Waals surface area contributed by atoms with Gasteiger partial charge in [-0.3, -0.25) is 29.4 Å². The molecule has 0 atom stereocenters. The first-order valence-corrected chi connectivity index (χ1v) is 9.20. The minimum absolute atomic E-state index is 0.0133. The molecule has 150 valence electrons. The average molecular weight is 412 g/mol. The third kappa shape index (κ3) is 2.71. The number of hydrogen-bond acceptors (Lipinski definition) is 6. The van der Waals surface area contributed by atoms with E-state index in [1.54, 1.807) is 24.3 Å². The van der Waals surface area contributed by atoms with E-state index in [1.807, 2.05) is 0 Å². The van der Waals surface area contributed by atoms with Crippen LogP contribution in [0.2, 0.25) is 0 Å². The van der Waals surface area contributed by atoms with E-state index in [-0.39, 0.29) is 33.6 Å². The summed E-state index contributed by atoms with van der Waals surface area (Å²) >= 11 is 0. The fraction of sp³-hybridized carbons (Fsp3) is 0. The molecule has 5 amide bonds. The zero-order chi connectivity index (χ0) is 21.7. The summed E-state index contributed by atoms with van der Waals surface area (Å²) in [6.45, 7) is 0. The maximum atomic E-state index is 12.8. The van der Waals surface area contributed by atoms with E-state index < -0.39 is 29.5 Å². The van der Waals surface area contributed by atoms with Crippen LogP contribution in [0.1, 0.15) is 51.8 Å². The van der Waals surface area contributed by atoms with Crippen molar-refractivity contribution >= 4 is 35.4 Å². The SMILES string of the molecule is O=C(NN1C(=O)c2ccccc2C1=O)c1ccc2c(c1)C(=O)N(c1ccccn1)C2=O. The minimum atomic E-state index is -0.770. The molecule has 3 aromatic rings. The topological polar surface area (TPSA) is 117 Å². The van der Waals surface area contributed by atoms with Gasteiger partial charge in [0, 0.05) is 11.8 Å². The van der Waals surface area contributed by atoms with Crippen molar-refractivity contribution in [3.05, 3.63) is 94.7 Å². The number of nitrogens with one attached hydrogen (secondary N) is 1. The van der Waals surface area contributed by atoms with Gasteiger partial charge in [0.05, 0.1) is 22.3 Å². The summed E-state index contributed by atoms with van der Waals surface area (Å²) in [7, 11) is 0. The van der Waals surface area contributed by atoms with Gasteiger partial charge in [0.1, 0.15) is 5.82 Å². The number of carbonyl (C=O) groups is 5. The van der Waals surface area contributed by atoms with Crippen molar-refractivity contribution in [2.75, 3.05) is 4.90 Å². The second-order valence-corrected chi connectivity index (χ2v) is 6.83. The van der Waals surface area contributed by atoms with E-state index in [2.05, 4.69) is 10.4 Å². The van der Waals surface area contributed by atoms with Gasteiger partial charge in [-0.05, 0) is 42.5 Å². The van der Waals surface area contributed by atoms with Crippen LogP contribution in [0.3, 0.4) is 0 Å². The van der Waals surface area contributed by atoms with Crippen molar-refractivity contribution < 1.29 is 24.0 Å². The van der Waals surface area contributed by atoms with Crippen LogP contribution in [0.5, 0.6) is 0 Å². The van der Waals surface area contributed by atoms with Gasteiger partial charge in [-0.25, -0.2) is 9.88 Å². The molecule has 31 heavy (non-hydrogen) atoms. The fourth-order valence-corrected chi connectivity index (χ4v) is 3.53. The van der Waals surface area contributed by atoms with E-state index in [1.165, 1.54) is 42.6 Å². The summed E-state index contributed by atoms with van der Waals surface area (Å²) in [4.78, 5) is 68.0. The number of benzene rings is 2. The smallest absolute Gasteiger partial charge is 0.268 e. The van der Waals surface area contributed by atoms with Crippen molar-refractivity contribution in [2.24, 2.45) is 0 Å². The Morgan fingerprint density at radius 1 is 0.710 bits per heavy atom. The number of amides is 5. The van der Waals surface area contributed by atoms with Crippen LogP contribution in [0.15, 0.2) is 66.9 Å². The largest absolute Gasteiger partial charge is 0.280 e. The molecule has 1 aromatic heterocycles. The summed E-state index contributed by atoms with van der Waals surface area (Å²) in [5, 5.41) is 0.632. The standard InChI is InChI=1S/C22H12N4O5/c27-18(24-26-21(30)13-5-1-2-6-14(13)22(26)31)12-8-9-15-16(11-12)20(29)25(19(15)28)17-7-3-4-10-23-17/h1-11H,(H,24,27). The van der Waals surface area contributed by atoms with Crippen LogP contribution < -0.4 is 10.3 Å². The quantitative estimate of drug-likeness (QED) is 0.656. The predicted molar refractivity (Wildman–Crippen MR) is 106 cm³/mol. The lowest BCUT2D eigenvalue weighted by Crippen LogP contribution is -2.45. The lowest BCUT2D eigenvalue weighted by atomic mass is 10.1. The molecule has 0 saturated heterocycles. The van der Waals surface area contributed by atoms with Crippen molar-refractivity contribution in [1.29, 1.82) is 0 Å². The Morgan fingerprint density at radius 3 is 1.97 bits per heavy atom. The number of pyridine rings is 1. The molecule has 2 aliphatic rings. The van der Waals surface area contributed by atoms with Crippen LogP contribution >= 0.6 is 0 Å². The van der Waals surface area contributed by atoms with Crippen LogP contribution in [0.25, 0.3) is 0 Å². The number of anilines is 1. The average Bonchev–Trinajstić information content (AvgIpc) is 3.19. The molecule has 0 aliphatic carbocycles. The molecule has 5 rings (SSSR count). The summed E-state index contributed by atoms with van der Waals surface area (Å²) in [5.74, 6) is -3.06. The maximum absolute atomic E-state index is 12.8. The molecule has 9 nitrogen and oxygen atoms in total. The molecule has 0 unspecified atom stereocenters. The first kappa shape index (κ1) is 18.4. The van der Waals surface area contributed by atoms with E-state index in [9.17, 15) is 24.0 Å². The highest BCUT2D eigenvalue weighted by molar-refractivity contribution is 6.34. The number of carbonyl (C=O) groups excluding carboxylic acids is 5. The fourth-order valence-electron chi connectivity index (χ4n) is 3.53. The van der Waals surface area contributed by atoms with E-state index in [4.69, 9.17) is 0 Å². The van der Waals surface area contributed by atoms with Gasteiger partial charge in [0.25, 0.3) is 29.5 Å². The molecule has 0 saturated carbocycles. The van der Waals surface area contributed by atoms with Crippen LogP contribution in [-0.2, 0) is 0 Å². The van der Waals surface area contributed by atoms with Gasteiger partial charge in [0.2, 0.25) is 0 Å². The first-order valence-electron chi connectivity index (χ1n) is 9.20. The predicted octanol–water partition coefficient (Wildman–Crippen LogP) is 1.82. The zero-order valence-electron chi connectivity index (χ0n) is 15.7. The monoisotopic (exact) mass is 412 g/mol. The van der Waals surface area contributed by atoms with Crippen molar-refractivity contribution in [3.63, 3.8) is 0 Å². The maximum Gasteiger partial charge on any atom is 0.280 e. The highest BCUT2D eigenvalue weighted by Gasteiger charge is 2.39. The van der Waals surface area contributed by atoms with E-state index in [0.29, 0.717) is 5.01 Å². The van der Waals surface area contributed by atoms with Gasteiger partial charge >= 0.3 is 0 Å². The molecule has 0 radical (unpaired) electrons.